The number of benzene rings is 1. The summed E-state index contributed by atoms with van der Waals surface area (Å²) in [5.74, 6) is -1.20. The van der Waals surface area contributed by atoms with Crippen LogP contribution in [0, 0.1) is 0 Å². The Hall–Kier alpha value is -1.51. The first-order valence-corrected chi connectivity index (χ1v) is 8.78. The lowest BCUT2D eigenvalue weighted by atomic mass is 10.1. The summed E-state index contributed by atoms with van der Waals surface area (Å²) in [5.41, 5.74) is 0.406. The Morgan fingerprint density at radius 3 is 2.70 bits per heavy atom. The Kier molecular flexibility index (Phi) is 5.38. The Labute approximate surface area is 134 Å². The molecular weight excluding hydrogens is 325 g/mol. The van der Waals surface area contributed by atoms with E-state index in [-0.39, 0.29) is 30.0 Å². The number of hydrogen-bond donors (Lipinski definition) is 1. The van der Waals surface area contributed by atoms with Crippen molar-refractivity contribution in [1.29, 1.82) is 0 Å². The molecule has 2 rings (SSSR count). The maximum absolute atomic E-state index is 14.0. The first-order valence-electron chi connectivity index (χ1n) is 7.34. The molecule has 128 valence electrons. The van der Waals surface area contributed by atoms with Gasteiger partial charge in [-0.15, -0.1) is 0 Å². The molecule has 6 nitrogen and oxygen atoms in total. The smallest absolute Gasteiger partial charge is 0.335 e. The maximum Gasteiger partial charge on any atom is 0.335 e. The highest BCUT2D eigenvalue weighted by atomic mass is 32.2. The van der Waals surface area contributed by atoms with E-state index in [0.717, 1.165) is 10.4 Å². The number of halogens is 1. The predicted octanol–water partition coefficient (Wildman–Crippen LogP) is 1.69. The van der Waals surface area contributed by atoms with Crippen LogP contribution < -0.4 is 0 Å². The van der Waals surface area contributed by atoms with Crippen LogP contribution in [0.25, 0.3) is 0 Å². The Morgan fingerprint density at radius 2 is 2.17 bits per heavy atom. The van der Waals surface area contributed by atoms with E-state index in [0.29, 0.717) is 12.0 Å². The highest BCUT2D eigenvalue weighted by molar-refractivity contribution is 7.89. The van der Waals surface area contributed by atoms with E-state index in [9.17, 15) is 17.6 Å². The number of aromatic carboxylic acids is 1. The molecule has 0 unspecified atom stereocenters. The normalized spacial score (nSPS) is 22.9. The van der Waals surface area contributed by atoms with Gasteiger partial charge in [-0.3, -0.25) is 0 Å². The molecule has 1 heterocycles. The summed E-state index contributed by atoms with van der Waals surface area (Å²) in [6.45, 7) is 1.63. The molecule has 0 radical (unpaired) electrons. The van der Waals surface area contributed by atoms with Crippen molar-refractivity contribution in [2.75, 3.05) is 20.2 Å². The first kappa shape index (κ1) is 17.8. The Balaban J connectivity index is 2.39. The van der Waals surface area contributed by atoms with Gasteiger partial charge in [0, 0.05) is 20.2 Å². The van der Waals surface area contributed by atoms with Crippen LogP contribution in [0.3, 0.4) is 0 Å². The average Bonchev–Trinajstić information content (AvgIpc) is 2.53. The number of ether oxygens (including phenoxy) is 1. The van der Waals surface area contributed by atoms with Gasteiger partial charge in [0.05, 0.1) is 16.6 Å². The minimum Gasteiger partial charge on any atom is -0.478 e. The molecule has 8 heteroatoms. The highest BCUT2D eigenvalue weighted by Gasteiger charge is 2.36. The summed E-state index contributed by atoms with van der Waals surface area (Å²) in [5, 5.41) is 9.07. The van der Waals surface area contributed by atoms with Gasteiger partial charge in [0.2, 0.25) is 10.0 Å². The van der Waals surface area contributed by atoms with Crippen LogP contribution in [0.5, 0.6) is 0 Å². The standard InChI is InChI=1S/C15H20FNO5S/c1-3-10-4-5-11(15(18)19)8-14(10)23(20,21)17-7-6-13(22-2)12(16)9-17/h4-5,8,12-13H,3,6-7,9H2,1-2H3,(H,18,19)/t12-,13+/m0/s1. The number of carboxylic acids is 1. The van der Waals surface area contributed by atoms with Gasteiger partial charge in [-0.2, -0.15) is 4.31 Å². The lowest BCUT2D eigenvalue weighted by Crippen LogP contribution is -2.47. The fraction of sp³-hybridized carbons (Fsp3) is 0.533. The van der Waals surface area contributed by atoms with Crippen molar-refractivity contribution >= 4 is 16.0 Å². The average molecular weight is 345 g/mol. The van der Waals surface area contributed by atoms with Crippen LogP contribution in [0.2, 0.25) is 0 Å². The number of methoxy groups -OCH3 is 1. The number of rotatable bonds is 5. The van der Waals surface area contributed by atoms with E-state index in [2.05, 4.69) is 0 Å². The zero-order valence-electron chi connectivity index (χ0n) is 13.0. The van der Waals surface area contributed by atoms with E-state index < -0.39 is 28.3 Å². The summed E-state index contributed by atoms with van der Waals surface area (Å²) in [6.07, 6.45) is -1.33. The largest absolute Gasteiger partial charge is 0.478 e. The van der Waals surface area contributed by atoms with Crippen LogP contribution in [0.4, 0.5) is 4.39 Å². The van der Waals surface area contributed by atoms with Crippen molar-refractivity contribution < 1.29 is 27.4 Å². The van der Waals surface area contributed by atoms with E-state index >= 15 is 0 Å². The Bertz CT molecular complexity index is 691. The van der Waals surface area contributed by atoms with Gasteiger partial charge in [0.1, 0.15) is 6.17 Å². The molecule has 1 saturated heterocycles. The van der Waals surface area contributed by atoms with Crippen molar-refractivity contribution in [2.24, 2.45) is 0 Å². The number of alkyl halides is 1. The lowest BCUT2D eigenvalue weighted by Gasteiger charge is -2.33. The minimum atomic E-state index is -3.95. The molecule has 0 aliphatic carbocycles. The van der Waals surface area contributed by atoms with E-state index in [1.807, 2.05) is 0 Å². The van der Waals surface area contributed by atoms with Crippen molar-refractivity contribution in [3.05, 3.63) is 29.3 Å². The summed E-state index contributed by atoms with van der Waals surface area (Å²) in [4.78, 5) is 11.0. The molecule has 1 fully saturated rings. The molecule has 2 atom stereocenters. The molecular formula is C15H20FNO5S. The molecule has 0 amide bonds. The van der Waals surface area contributed by atoms with Gasteiger partial charge in [-0.05, 0) is 30.5 Å². The number of aryl methyl sites for hydroxylation is 1. The molecule has 0 aromatic heterocycles. The monoisotopic (exact) mass is 345 g/mol. The maximum atomic E-state index is 14.0. The molecule has 0 bridgehead atoms. The van der Waals surface area contributed by atoms with E-state index in [1.54, 1.807) is 6.92 Å². The zero-order valence-corrected chi connectivity index (χ0v) is 13.8. The number of carboxylic acid groups (broad SMARTS) is 1. The first-order chi connectivity index (χ1) is 10.8. The molecule has 1 N–H and O–H groups in total. The second-order valence-electron chi connectivity index (χ2n) is 5.42. The molecule has 1 aromatic carbocycles. The molecule has 1 aliphatic heterocycles. The summed E-state index contributed by atoms with van der Waals surface area (Å²) >= 11 is 0. The number of carbonyl (C=O) groups is 1. The summed E-state index contributed by atoms with van der Waals surface area (Å²) in [6, 6.07) is 4.01. The quantitative estimate of drug-likeness (QED) is 0.878. The van der Waals surface area contributed by atoms with Crippen LogP contribution >= 0.6 is 0 Å². The van der Waals surface area contributed by atoms with Gasteiger partial charge >= 0.3 is 5.97 Å². The Morgan fingerprint density at radius 1 is 1.48 bits per heavy atom. The molecule has 1 aromatic rings. The number of sulfonamides is 1. The number of piperidine rings is 1. The van der Waals surface area contributed by atoms with Crippen molar-refractivity contribution in [3.63, 3.8) is 0 Å². The lowest BCUT2D eigenvalue weighted by molar-refractivity contribution is -0.00411. The predicted molar refractivity (Wildman–Crippen MR) is 81.8 cm³/mol. The third-order valence-corrected chi connectivity index (χ3v) is 6.01. The minimum absolute atomic E-state index is 0.0667. The number of hydrogen-bond acceptors (Lipinski definition) is 4. The van der Waals surface area contributed by atoms with Crippen molar-refractivity contribution in [3.8, 4) is 0 Å². The fourth-order valence-corrected chi connectivity index (χ4v) is 4.48. The zero-order chi connectivity index (χ0) is 17.2. The van der Waals surface area contributed by atoms with Gasteiger partial charge in [0.15, 0.2) is 0 Å². The van der Waals surface area contributed by atoms with Gasteiger partial charge in [-0.1, -0.05) is 13.0 Å². The van der Waals surface area contributed by atoms with Crippen molar-refractivity contribution in [1.82, 2.24) is 4.31 Å². The number of nitrogens with zero attached hydrogens (tertiary/aromatic N) is 1. The van der Waals surface area contributed by atoms with Crippen LogP contribution in [0.15, 0.2) is 23.1 Å². The van der Waals surface area contributed by atoms with Gasteiger partial charge in [-0.25, -0.2) is 17.6 Å². The third-order valence-electron chi connectivity index (χ3n) is 4.06. The second-order valence-corrected chi connectivity index (χ2v) is 7.33. The highest BCUT2D eigenvalue weighted by Crippen LogP contribution is 2.27. The molecule has 23 heavy (non-hydrogen) atoms. The topological polar surface area (TPSA) is 83.9 Å². The van der Waals surface area contributed by atoms with Crippen molar-refractivity contribution in [2.45, 2.75) is 36.9 Å². The van der Waals surface area contributed by atoms with Crippen LogP contribution in [-0.2, 0) is 21.2 Å². The van der Waals surface area contributed by atoms with Crippen LogP contribution in [-0.4, -0.2) is 56.3 Å². The van der Waals surface area contributed by atoms with E-state index in [4.69, 9.17) is 9.84 Å². The second kappa shape index (κ2) is 6.94. The molecule has 0 spiro atoms. The fourth-order valence-electron chi connectivity index (χ4n) is 2.70. The van der Waals surface area contributed by atoms with Gasteiger partial charge in [0.25, 0.3) is 0 Å². The third kappa shape index (κ3) is 3.54. The summed E-state index contributed by atoms with van der Waals surface area (Å²) in [7, 11) is -2.56. The molecule has 0 saturated carbocycles. The molecule has 1 aliphatic rings. The van der Waals surface area contributed by atoms with Crippen LogP contribution in [0.1, 0.15) is 29.3 Å². The van der Waals surface area contributed by atoms with Gasteiger partial charge < -0.3 is 9.84 Å². The van der Waals surface area contributed by atoms with E-state index in [1.165, 1.54) is 19.2 Å². The summed E-state index contributed by atoms with van der Waals surface area (Å²) < 4.78 is 45.7. The SMILES string of the molecule is CCc1ccc(C(=O)O)cc1S(=O)(=O)N1CC[C@@H](OC)[C@@H](F)C1.